The van der Waals surface area contributed by atoms with Crippen molar-refractivity contribution >= 4 is 0 Å². The fraction of sp³-hybridized carbons (Fsp3) is 0.857. The van der Waals surface area contributed by atoms with Gasteiger partial charge in [0.1, 0.15) is 0 Å². The summed E-state index contributed by atoms with van der Waals surface area (Å²) in [5.74, 6) is -9.05. The monoisotopic (exact) mass is 207 g/mol. The van der Waals surface area contributed by atoms with Crippen LogP contribution in [0.15, 0.2) is 0 Å². The highest BCUT2D eigenvalue weighted by atomic mass is 19.3. The molecular formula is C7H9F6. The van der Waals surface area contributed by atoms with Crippen LogP contribution in [-0.4, -0.2) is 18.3 Å². The van der Waals surface area contributed by atoms with Crippen molar-refractivity contribution in [3.63, 3.8) is 0 Å². The molecule has 0 aliphatic rings. The van der Waals surface area contributed by atoms with Gasteiger partial charge in [-0.05, 0) is 6.42 Å². The lowest BCUT2D eigenvalue weighted by Crippen LogP contribution is -2.41. The van der Waals surface area contributed by atoms with Gasteiger partial charge in [-0.1, -0.05) is 6.92 Å². The van der Waals surface area contributed by atoms with Crippen LogP contribution < -0.4 is 0 Å². The SMILES string of the molecule is [CH2]CCC(F)(F)C(F)(F)CC(F)F. The third kappa shape index (κ3) is 3.44. The van der Waals surface area contributed by atoms with Crippen LogP contribution in [0.25, 0.3) is 0 Å². The van der Waals surface area contributed by atoms with Crippen molar-refractivity contribution in [2.75, 3.05) is 0 Å². The maximum absolute atomic E-state index is 12.4. The van der Waals surface area contributed by atoms with Gasteiger partial charge in [-0.25, -0.2) is 8.78 Å². The van der Waals surface area contributed by atoms with Crippen molar-refractivity contribution in [2.45, 2.75) is 37.5 Å². The highest BCUT2D eigenvalue weighted by Crippen LogP contribution is 2.41. The largest absolute Gasteiger partial charge is 0.315 e. The third-order valence-electron chi connectivity index (χ3n) is 1.44. The van der Waals surface area contributed by atoms with E-state index >= 15 is 0 Å². The average molecular weight is 207 g/mol. The molecule has 0 aliphatic carbocycles. The van der Waals surface area contributed by atoms with Gasteiger partial charge in [-0.15, -0.1) is 0 Å². The Bertz CT molecular complexity index is 153. The van der Waals surface area contributed by atoms with Crippen molar-refractivity contribution in [1.82, 2.24) is 0 Å². The zero-order valence-electron chi connectivity index (χ0n) is 6.67. The molecule has 0 saturated carbocycles. The van der Waals surface area contributed by atoms with Gasteiger partial charge in [0.2, 0.25) is 6.43 Å². The zero-order valence-corrected chi connectivity index (χ0v) is 6.67. The van der Waals surface area contributed by atoms with Gasteiger partial charge < -0.3 is 0 Å². The Morgan fingerprint density at radius 2 is 1.46 bits per heavy atom. The van der Waals surface area contributed by atoms with Crippen LogP contribution in [0.4, 0.5) is 26.3 Å². The molecule has 79 valence electrons. The summed E-state index contributed by atoms with van der Waals surface area (Å²) in [6.07, 6.45) is -7.16. The Kier molecular flexibility index (Phi) is 4.06. The maximum atomic E-state index is 12.4. The molecule has 13 heavy (non-hydrogen) atoms. The van der Waals surface area contributed by atoms with Crippen molar-refractivity contribution < 1.29 is 26.3 Å². The first-order chi connectivity index (χ1) is 5.73. The summed E-state index contributed by atoms with van der Waals surface area (Å²) in [6.45, 7) is 2.96. The average Bonchev–Trinajstić information content (AvgIpc) is 1.82. The third-order valence-corrected chi connectivity index (χ3v) is 1.44. The minimum Gasteiger partial charge on any atom is -0.210 e. The van der Waals surface area contributed by atoms with Crippen molar-refractivity contribution in [1.29, 1.82) is 0 Å². The van der Waals surface area contributed by atoms with Crippen molar-refractivity contribution in [3.05, 3.63) is 6.92 Å². The number of halogens is 6. The first kappa shape index (κ1) is 12.6. The first-order valence-corrected chi connectivity index (χ1v) is 3.56. The van der Waals surface area contributed by atoms with Crippen LogP contribution in [0.1, 0.15) is 19.3 Å². The van der Waals surface area contributed by atoms with Gasteiger partial charge in [0.05, 0.1) is 6.42 Å². The Morgan fingerprint density at radius 3 is 1.77 bits per heavy atom. The smallest absolute Gasteiger partial charge is 0.210 e. The number of alkyl halides is 6. The number of hydrogen-bond donors (Lipinski definition) is 0. The highest BCUT2D eigenvalue weighted by Gasteiger charge is 2.56. The van der Waals surface area contributed by atoms with E-state index in [0.29, 0.717) is 0 Å². The van der Waals surface area contributed by atoms with Crippen LogP contribution in [0.5, 0.6) is 0 Å². The molecule has 0 amide bonds. The molecule has 0 rings (SSSR count). The summed E-state index contributed by atoms with van der Waals surface area (Å²) in [6, 6.07) is 0. The van der Waals surface area contributed by atoms with Gasteiger partial charge >= 0.3 is 11.8 Å². The molecule has 0 atom stereocenters. The van der Waals surface area contributed by atoms with Crippen molar-refractivity contribution in [2.24, 2.45) is 0 Å². The molecule has 1 radical (unpaired) electrons. The highest BCUT2D eigenvalue weighted by molar-refractivity contribution is 4.85. The predicted octanol–water partition coefficient (Wildman–Crippen LogP) is 3.53. The summed E-state index contributed by atoms with van der Waals surface area (Å²) in [5, 5.41) is 0. The molecule has 0 bridgehead atoms. The maximum Gasteiger partial charge on any atom is 0.315 e. The van der Waals surface area contributed by atoms with E-state index in [4.69, 9.17) is 0 Å². The minimum atomic E-state index is -4.65. The summed E-state index contributed by atoms with van der Waals surface area (Å²) >= 11 is 0. The lowest BCUT2D eigenvalue weighted by atomic mass is 10.0. The molecule has 0 N–H and O–H groups in total. The normalized spacial score (nSPS) is 13.8. The van der Waals surface area contributed by atoms with Crippen LogP contribution in [0.3, 0.4) is 0 Å². The minimum absolute atomic E-state index is 0.425. The van der Waals surface area contributed by atoms with Gasteiger partial charge in [0.15, 0.2) is 0 Å². The Balaban J connectivity index is 4.40. The summed E-state index contributed by atoms with van der Waals surface area (Å²) < 4.78 is 72.6. The zero-order chi connectivity index (χ0) is 10.7. The lowest BCUT2D eigenvalue weighted by Gasteiger charge is -2.25. The van der Waals surface area contributed by atoms with E-state index in [9.17, 15) is 26.3 Å². The van der Waals surface area contributed by atoms with Crippen LogP contribution >= 0.6 is 0 Å². The molecule has 0 aromatic rings. The lowest BCUT2D eigenvalue weighted by molar-refractivity contribution is -0.226. The molecule has 0 unspecified atom stereocenters. The Labute approximate surface area is 71.9 Å². The van der Waals surface area contributed by atoms with Gasteiger partial charge in [0, 0.05) is 6.42 Å². The fourth-order valence-corrected chi connectivity index (χ4v) is 0.748. The molecule has 0 aromatic carbocycles. The molecule has 6 heteroatoms. The molecular weight excluding hydrogens is 198 g/mol. The van der Waals surface area contributed by atoms with Crippen LogP contribution in [0.2, 0.25) is 0 Å². The summed E-state index contributed by atoms with van der Waals surface area (Å²) in [4.78, 5) is 0. The van der Waals surface area contributed by atoms with Crippen molar-refractivity contribution in [3.8, 4) is 0 Å². The molecule has 0 spiro atoms. The molecule has 0 heterocycles. The Hall–Kier alpha value is -0.420. The summed E-state index contributed by atoms with van der Waals surface area (Å²) in [5.41, 5.74) is 0. The van der Waals surface area contributed by atoms with Crippen LogP contribution in [-0.2, 0) is 0 Å². The van der Waals surface area contributed by atoms with Gasteiger partial charge in [0.25, 0.3) is 0 Å². The summed E-state index contributed by atoms with van der Waals surface area (Å²) in [7, 11) is 0. The van der Waals surface area contributed by atoms with E-state index in [1.54, 1.807) is 0 Å². The second kappa shape index (κ2) is 4.19. The molecule has 0 aromatic heterocycles. The van der Waals surface area contributed by atoms with Crippen LogP contribution in [0, 0.1) is 6.92 Å². The molecule has 0 saturated heterocycles. The predicted molar refractivity (Wildman–Crippen MR) is 35.1 cm³/mol. The topological polar surface area (TPSA) is 0 Å². The number of hydrogen-bond acceptors (Lipinski definition) is 0. The Morgan fingerprint density at radius 1 is 1.00 bits per heavy atom. The second-order valence-corrected chi connectivity index (χ2v) is 2.61. The van der Waals surface area contributed by atoms with E-state index in [0.717, 1.165) is 0 Å². The first-order valence-electron chi connectivity index (χ1n) is 3.56. The van der Waals surface area contributed by atoms with E-state index < -0.39 is 37.5 Å². The van der Waals surface area contributed by atoms with E-state index in [-0.39, 0.29) is 0 Å². The molecule has 0 fully saturated rings. The van der Waals surface area contributed by atoms with Gasteiger partial charge in [-0.2, -0.15) is 17.6 Å². The van der Waals surface area contributed by atoms with E-state index in [1.165, 1.54) is 0 Å². The molecule has 0 nitrogen and oxygen atoms in total. The van der Waals surface area contributed by atoms with E-state index in [2.05, 4.69) is 6.92 Å². The van der Waals surface area contributed by atoms with Gasteiger partial charge in [-0.3, -0.25) is 0 Å². The fourth-order valence-electron chi connectivity index (χ4n) is 0.748. The second-order valence-electron chi connectivity index (χ2n) is 2.61. The standard InChI is InChI=1S/C7H9F6/c1-2-3-6(10,11)7(12,13)4-5(8)9/h5H,1-4H2. The quantitative estimate of drug-likeness (QED) is 0.605. The number of rotatable bonds is 5. The van der Waals surface area contributed by atoms with E-state index in [1.807, 2.05) is 0 Å². The molecule has 0 aliphatic heterocycles.